The van der Waals surface area contributed by atoms with E-state index in [2.05, 4.69) is 5.32 Å². The molecule has 0 aromatic heterocycles. The molecule has 0 unspecified atom stereocenters. The molecule has 6 nitrogen and oxygen atoms in total. The quantitative estimate of drug-likeness (QED) is 0.884. The van der Waals surface area contributed by atoms with Crippen molar-refractivity contribution < 1.29 is 14.7 Å². The van der Waals surface area contributed by atoms with Crippen molar-refractivity contribution in [2.24, 2.45) is 0 Å². The summed E-state index contributed by atoms with van der Waals surface area (Å²) in [4.78, 5) is 26.6. The van der Waals surface area contributed by atoms with Crippen LogP contribution in [0.4, 0.5) is 16.2 Å². The average molecular weight is 277 g/mol. The molecule has 1 aromatic carbocycles. The van der Waals surface area contributed by atoms with Gasteiger partial charge in [0.15, 0.2) is 0 Å². The van der Waals surface area contributed by atoms with E-state index in [9.17, 15) is 9.59 Å². The standard InChI is InChI=1S/C14H19N3O3/c1-16(2)11-7-4-3-6-10(11)15-14(20)17-9-5-8-12(17)13(18)19/h3-4,6-7,12H,5,8-9H2,1-2H3,(H,15,20)(H,18,19)/t12-/m1/s1. The second-order valence-electron chi connectivity index (χ2n) is 5.03. The molecule has 0 radical (unpaired) electrons. The van der Waals surface area contributed by atoms with Crippen LogP contribution < -0.4 is 10.2 Å². The van der Waals surface area contributed by atoms with Gasteiger partial charge in [-0.3, -0.25) is 0 Å². The van der Waals surface area contributed by atoms with Gasteiger partial charge in [0.2, 0.25) is 0 Å². The molecule has 1 fully saturated rings. The number of hydrogen-bond acceptors (Lipinski definition) is 3. The van der Waals surface area contributed by atoms with E-state index in [1.165, 1.54) is 4.90 Å². The third kappa shape index (κ3) is 2.84. The number of para-hydroxylation sites is 2. The van der Waals surface area contributed by atoms with E-state index < -0.39 is 12.0 Å². The van der Waals surface area contributed by atoms with Crippen LogP contribution in [0.1, 0.15) is 12.8 Å². The van der Waals surface area contributed by atoms with Crippen molar-refractivity contribution in [1.82, 2.24) is 4.90 Å². The fourth-order valence-electron chi connectivity index (χ4n) is 2.42. The molecule has 0 bridgehead atoms. The molecule has 1 aromatic rings. The van der Waals surface area contributed by atoms with Crippen LogP contribution in [-0.4, -0.2) is 48.7 Å². The van der Waals surface area contributed by atoms with Crippen LogP contribution in [0, 0.1) is 0 Å². The van der Waals surface area contributed by atoms with Gasteiger partial charge in [-0.1, -0.05) is 12.1 Å². The zero-order chi connectivity index (χ0) is 14.7. The topological polar surface area (TPSA) is 72.9 Å². The van der Waals surface area contributed by atoms with E-state index >= 15 is 0 Å². The first-order valence-corrected chi connectivity index (χ1v) is 6.57. The molecule has 1 aliphatic rings. The summed E-state index contributed by atoms with van der Waals surface area (Å²) in [5.41, 5.74) is 1.56. The summed E-state index contributed by atoms with van der Waals surface area (Å²) in [5, 5.41) is 11.9. The van der Waals surface area contributed by atoms with E-state index in [0.717, 1.165) is 12.1 Å². The molecule has 0 spiro atoms. The lowest BCUT2D eigenvalue weighted by molar-refractivity contribution is -0.141. The number of nitrogens with zero attached hydrogens (tertiary/aromatic N) is 2. The molecular formula is C14H19N3O3. The number of likely N-dealkylation sites (tertiary alicyclic amines) is 1. The first-order chi connectivity index (χ1) is 9.50. The summed E-state index contributed by atoms with van der Waals surface area (Å²) < 4.78 is 0. The average Bonchev–Trinajstić information content (AvgIpc) is 2.88. The Morgan fingerprint density at radius 1 is 1.35 bits per heavy atom. The first kappa shape index (κ1) is 14.2. The highest BCUT2D eigenvalue weighted by molar-refractivity contribution is 5.95. The van der Waals surface area contributed by atoms with Gasteiger partial charge < -0.3 is 20.2 Å². The van der Waals surface area contributed by atoms with Gasteiger partial charge in [0.1, 0.15) is 6.04 Å². The van der Waals surface area contributed by atoms with Crippen LogP contribution >= 0.6 is 0 Å². The van der Waals surface area contributed by atoms with Crippen LogP contribution in [0.5, 0.6) is 0 Å². The number of rotatable bonds is 3. The fraction of sp³-hybridized carbons (Fsp3) is 0.429. The maximum atomic E-state index is 12.2. The van der Waals surface area contributed by atoms with Gasteiger partial charge in [0.05, 0.1) is 11.4 Å². The largest absolute Gasteiger partial charge is 0.480 e. The SMILES string of the molecule is CN(C)c1ccccc1NC(=O)N1CCC[C@@H]1C(=O)O. The molecule has 2 amide bonds. The number of amides is 2. The zero-order valence-electron chi connectivity index (χ0n) is 11.7. The Bertz CT molecular complexity index is 516. The van der Waals surface area contributed by atoms with Crippen molar-refractivity contribution in [2.75, 3.05) is 30.9 Å². The van der Waals surface area contributed by atoms with E-state index in [1.54, 1.807) is 6.07 Å². The maximum absolute atomic E-state index is 12.2. The Hall–Kier alpha value is -2.24. The Morgan fingerprint density at radius 3 is 2.70 bits per heavy atom. The number of carbonyl (C=O) groups excluding carboxylic acids is 1. The van der Waals surface area contributed by atoms with Crippen molar-refractivity contribution >= 4 is 23.4 Å². The number of hydrogen-bond donors (Lipinski definition) is 2. The molecule has 1 heterocycles. The zero-order valence-corrected chi connectivity index (χ0v) is 11.7. The van der Waals surface area contributed by atoms with Crippen LogP contribution in [0.15, 0.2) is 24.3 Å². The summed E-state index contributed by atoms with van der Waals surface area (Å²) in [7, 11) is 3.78. The number of aliphatic carboxylic acids is 1. The predicted octanol–water partition coefficient (Wildman–Crippen LogP) is 1.83. The molecule has 1 atom stereocenters. The lowest BCUT2D eigenvalue weighted by atomic mass is 10.2. The summed E-state index contributed by atoms with van der Waals surface area (Å²) in [6.07, 6.45) is 1.23. The lowest BCUT2D eigenvalue weighted by Gasteiger charge is -2.24. The highest BCUT2D eigenvalue weighted by atomic mass is 16.4. The third-order valence-electron chi connectivity index (χ3n) is 3.43. The molecular weight excluding hydrogens is 258 g/mol. The van der Waals surface area contributed by atoms with E-state index in [4.69, 9.17) is 5.11 Å². The van der Waals surface area contributed by atoms with Gasteiger partial charge >= 0.3 is 12.0 Å². The smallest absolute Gasteiger partial charge is 0.326 e. The number of benzene rings is 1. The molecule has 20 heavy (non-hydrogen) atoms. The van der Waals surface area contributed by atoms with Crippen LogP contribution in [-0.2, 0) is 4.79 Å². The van der Waals surface area contributed by atoms with Crippen LogP contribution in [0.25, 0.3) is 0 Å². The number of urea groups is 1. The maximum Gasteiger partial charge on any atom is 0.326 e. The second-order valence-corrected chi connectivity index (χ2v) is 5.03. The molecule has 0 saturated carbocycles. The highest BCUT2D eigenvalue weighted by Gasteiger charge is 2.34. The van der Waals surface area contributed by atoms with Crippen LogP contribution in [0.2, 0.25) is 0 Å². The van der Waals surface area contributed by atoms with Gasteiger partial charge in [-0.15, -0.1) is 0 Å². The van der Waals surface area contributed by atoms with Gasteiger partial charge in [-0.25, -0.2) is 9.59 Å². The minimum Gasteiger partial charge on any atom is -0.480 e. The number of carboxylic acids is 1. The monoisotopic (exact) mass is 277 g/mol. The predicted molar refractivity (Wildman–Crippen MR) is 77.2 cm³/mol. The van der Waals surface area contributed by atoms with Gasteiger partial charge in [-0.05, 0) is 25.0 Å². The molecule has 6 heteroatoms. The van der Waals surface area contributed by atoms with Crippen molar-refractivity contribution in [3.8, 4) is 0 Å². The lowest BCUT2D eigenvalue weighted by Crippen LogP contribution is -2.42. The van der Waals surface area contributed by atoms with E-state index in [0.29, 0.717) is 18.7 Å². The van der Waals surface area contributed by atoms with Crippen molar-refractivity contribution in [2.45, 2.75) is 18.9 Å². The van der Waals surface area contributed by atoms with E-state index in [-0.39, 0.29) is 6.03 Å². The fourth-order valence-corrected chi connectivity index (χ4v) is 2.42. The molecule has 108 valence electrons. The normalized spacial score (nSPS) is 17.9. The summed E-state index contributed by atoms with van der Waals surface area (Å²) >= 11 is 0. The Morgan fingerprint density at radius 2 is 2.05 bits per heavy atom. The van der Waals surface area contributed by atoms with E-state index in [1.807, 2.05) is 37.2 Å². The summed E-state index contributed by atoms with van der Waals surface area (Å²) in [6, 6.07) is 6.35. The van der Waals surface area contributed by atoms with Crippen molar-refractivity contribution in [3.63, 3.8) is 0 Å². The minimum atomic E-state index is -0.946. The first-order valence-electron chi connectivity index (χ1n) is 6.57. The third-order valence-corrected chi connectivity index (χ3v) is 3.43. The second kappa shape index (κ2) is 5.81. The number of carboxylic acid groups (broad SMARTS) is 1. The minimum absolute atomic E-state index is 0.357. The molecule has 1 saturated heterocycles. The molecule has 2 N–H and O–H groups in total. The number of nitrogens with one attached hydrogen (secondary N) is 1. The van der Waals surface area contributed by atoms with Gasteiger partial charge in [-0.2, -0.15) is 0 Å². The molecule has 1 aliphatic heterocycles. The Kier molecular flexibility index (Phi) is 4.12. The van der Waals surface area contributed by atoms with Crippen LogP contribution in [0.3, 0.4) is 0 Å². The molecule has 2 rings (SSSR count). The van der Waals surface area contributed by atoms with Crippen molar-refractivity contribution in [1.29, 1.82) is 0 Å². The van der Waals surface area contributed by atoms with Gasteiger partial charge in [0.25, 0.3) is 0 Å². The van der Waals surface area contributed by atoms with Gasteiger partial charge in [0, 0.05) is 20.6 Å². The van der Waals surface area contributed by atoms with Crippen molar-refractivity contribution in [3.05, 3.63) is 24.3 Å². The Labute approximate surface area is 118 Å². The highest BCUT2D eigenvalue weighted by Crippen LogP contribution is 2.25. The Balaban J connectivity index is 2.14. The summed E-state index contributed by atoms with van der Waals surface area (Å²) in [6.45, 7) is 0.479. The molecule has 0 aliphatic carbocycles. The number of carbonyl (C=O) groups is 2. The number of anilines is 2. The summed E-state index contributed by atoms with van der Waals surface area (Å²) in [5.74, 6) is -0.946.